The monoisotopic (exact) mass is 431 g/mol. The lowest BCUT2D eigenvalue weighted by Gasteiger charge is -2.09. The van der Waals surface area contributed by atoms with E-state index >= 15 is 0 Å². The van der Waals surface area contributed by atoms with Crippen molar-refractivity contribution >= 4 is 5.91 Å². The van der Waals surface area contributed by atoms with Crippen LogP contribution in [0.15, 0.2) is 80.9 Å². The van der Waals surface area contributed by atoms with Gasteiger partial charge in [-0.2, -0.15) is 10.2 Å². The maximum Gasteiger partial charge on any atom is 0.271 e. The Morgan fingerprint density at radius 1 is 0.938 bits per heavy atom. The van der Waals surface area contributed by atoms with Gasteiger partial charge in [0.15, 0.2) is 5.76 Å². The summed E-state index contributed by atoms with van der Waals surface area (Å²) in [5.41, 5.74) is 2.06. The molecule has 162 valence electrons. The maximum absolute atomic E-state index is 12.5. The lowest BCUT2D eigenvalue weighted by molar-refractivity contribution is 0.0944. The number of hydrogen-bond acceptors (Lipinski definition) is 6. The van der Waals surface area contributed by atoms with E-state index in [9.17, 15) is 14.4 Å². The zero-order valence-corrected chi connectivity index (χ0v) is 17.4. The standard InChI is InChI=1S/C23H21N5O4/c1-16-4-6-17(7-5-16)15-28-22(30)11-9-19(26-28)23(31)24-12-13-27-21(29)10-8-18(25-27)20-3-2-14-32-20/h2-11,14H,12-13,15H2,1H3,(H,24,31). The van der Waals surface area contributed by atoms with E-state index in [1.54, 1.807) is 18.2 Å². The number of furan rings is 1. The average molecular weight is 431 g/mol. The Morgan fingerprint density at radius 2 is 1.69 bits per heavy atom. The summed E-state index contributed by atoms with van der Waals surface area (Å²) in [4.78, 5) is 36.7. The number of benzene rings is 1. The summed E-state index contributed by atoms with van der Waals surface area (Å²) in [6, 6.07) is 16.9. The number of amides is 1. The summed E-state index contributed by atoms with van der Waals surface area (Å²) >= 11 is 0. The zero-order valence-electron chi connectivity index (χ0n) is 17.4. The highest BCUT2D eigenvalue weighted by molar-refractivity contribution is 5.91. The summed E-state index contributed by atoms with van der Waals surface area (Å²) in [6.07, 6.45) is 1.53. The number of nitrogens with zero attached hydrogens (tertiary/aromatic N) is 4. The van der Waals surface area contributed by atoms with Gasteiger partial charge in [0.1, 0.15) is 11.4 Å². The van der Waals surface area contributed by atoms with E-state index in [1.165, 1.54) is 33.8 Å². The lowest BCUT2D eigenvalue weighted by Crippen LogP contribution is -2.34. The fraction of sp³-hybridized carbons (Fsp3) is 0.174. The minimum Gasteiger partial charge on any atom is -0.463 e. The molecule has 1 aromatic carbocycles. The zero-order chi connectivity index (χ0) is 22.5. The molecule has 9 heteroatoms. The van der Waals surface area contributed by atoms with Crippen LogP contribution >= 0.6 is 0 Å². The molecule has 0 aliphatic heterocycles. The van der Waals surface area contributed by atoms with Crippen molar-refractivity contribution < 1.29 is 9.21 Å². The van der Waals surface area contributed by atoms with E-state index < -0.39 is 5.91 Å². The van der Waals surface area contributed by atoms with Gasteiger partial charge in [-0.1, -0.05) is 29.8 Å². The molecule has 3 aromatic heterocycles. The molecular weight excluding hydrogens is 410 g/mol. The maximum atomic E-state index is 12.5. The van der Waals surface area contributed by atoms with Crippen molar-refractivity contribution in [3.63, 3.8) is 0 Å². The van der Waals surface area contributed by atoms with Crippen molar-refractivity contribution in [2.75, 3.05) is 6.54 Å². The van der Waals surface area contributed by atoms with Crippen LogP contribution in [0.5, 0.6) is 0 Å². The molecule has 0 atom stereocenters. The third-order valence-electron chi connectivity index (χ3n) is 4.80. The van der Waals surface area contributed by atoms with Gasteiger partial charge in [-0.15, -0.1) is 0 Å². The molecule has 0 saturated heterocycles. The highest BCUT2D eigenvalue weighted by atomic mass is 16.3. The van der Waals surface area contributed by atoms with Crippen molar-refractivity contribution in [3.8, 4) is 11.5 Å². The van der Waals surface area contributed by atoms with Gasteiger partial charge in [0.05, 0.1) is 19.4 Å². The molecule has 4 aromatic rings. The van der Waals surface area contributed by atoms with Gasteiger partial charge in [-0.05, 0) is 36.8 Å². The Balaban J connectivity index is 1.41. The second-order valence-corrected chi connectivity index (χ2v) is 7.21. The van der Waals surface area contributed by atoms with Crippen LogP contribution in [0.2, 0.25) is 0 Å². The van der Waals surface area contributed by atoms with Crippen molar-refractivity contribution in [1.29, 1.82) is 0 Å². The summed E-state index contributed by atoms with van der Waals surface area (Å²) in [5.74, 6) is 0.0979. The van der Waals surface area contributed by atoms with Gasteiger partial charge < -0.3 is 9.73 Å². The summed E-state index contributed by atoms with van der Waals surface area (Å²) in [7, 11) is 0. The molecule has 0 saturated carbocycles. The van der Waals surface area contributed by atoms with Gasteiger partial charge in [-0.25, -0.2) is 9.36 Å². The molecular formula is C23H21N5O4. The Kier molecular flexibility index (Phi) is 6.07. The van der Waals surface area contributed by atoms with Crippen LogP contribution in [0, 0.1) is 6.92 Å². The molecule has 0 bridgehead atoms. The second kappa shape index (κ2) is 9.25. The van der Waals surface area contributed by atoms with E-state index in [1.807, 2.05) is 31.2 Å². The van der Waals surface area contributed by atoms with Crippen LogP contribution in [0.25, 0.3) is 11.5 Å². The third kappa shape index (κ3) is 4.89. The normalized spacial score (nSPS) is 10.8. The first-order chi connectivity index (χ1) is 15.5. The van der Waals surface area contributed by atoms with Crippen molar-refractivity contribution in [2.45, 2.75) is 20.0 Å². The average Bonchev–Trinajstić information content (AvgIpc) is 3.33. The third-order valence-corrected chi connectivity index (χ3v) is 4.80. The number of carbonyl (C=O) groups excluding carboxylic acids is 1. The molecule has 4 rings (SSSR count). The summed E-state index contributed by atoms with van der Waals surface area (Å²) < 4.78 is 7.80. The molecule has 1 amide bonds. The van der Waals surface area contributed by atoms with Gasteiger partial charge in [0.25, 0.3) is 17.0 Å². The smallest absolute Gasteiger partial charge is 0.271 e. The first-order valence-corrected chi connectivity index (χ1v) is 10.0. The van der Waals surface area contributed by atoms with Gasteiger partial charge in [-0.3, -0.25) is 14.4 Å². The number of aryl methyl sites for hydroxylation is 1. The minimum atomic E-state index is -0.446. The number of aromatic nitrogens is 4. The Morgan fingerprint density at radius 3 is 2.44 bits per heavy atom. The van der Waals surface area contributed by atoms with E-state index in [-0.39, 0.29) is 36.4 Å². The Bertz CT molecular complexity index is 1340. The van der Waals surface area contributed by atoms with Gasteiger partial charge in [0.2, 0.25) is 0 Å². The number of carbonyl (C=O) groups is 1. The first-order valence-electron chi connectivity index (χ1n) is 10.0. The highest BCUT2D eigenvalue weighted by Crippen LogP contribution is 2.14. The van der Waals surface area contributed by atoms with Crippen molar-refractivity contribution in [1.82, 2.24) is 24.9 Å². The second-order valence-electron chi connectivity index (χ2n) is 7.21. The number of nitrogens with one attached hydrogen (secondary N) is 1. The summed E-state index contributed by atoms with van der Waals surface area (Å²) in [5, 5.41) is 11.1. The summed E-state index contributed by atoms with van der Waals surface area (Å²) in [6.45, 7) is 2.57. The van der Waals surface area contributed by atoms with E-state index in [0.29, 0.717) is 11.5 Å². The topological polar surface area (TPSA) is 112 Å². The molecule has 0 aliphatic rings. The van der Waals surface area contributed by atoms with Gasteiger partial charge in [0, 0.05) is 18.7 Å². The molecule has 9 nitrogen and oxygen atoms in total. The van der Waals surface area contributed by atoms with Crippen LogP contribution in [0.3, 0.4) is 0 Å². The Labute approximate surface area is 182 Å². The predicted molar refractivity (Wildman–Crippen MR) is 117 cm³/mol. The van der Waals surface area contributed by atoms with E-state index in [0.717, 1.165) is 11.1 Å². The molecule has 0 radical (unpaired) electrons. The van der Waals surface area contributed by atoms with Crippen LogP contribution in [-0.2, 0) is 13.1 Å². The van der Waals surface area contributed by atoms with Crippen LogP contribution < -0.4 is 16.4 Å². The first kappa shape index (κ1) is 21.0. The number of rotatable bonds is 7. The van der Waals surface area contributed by atoms with Crippen molar-refractivity contribution in [3.05, 3.63) is 104 Å². The molecule has 1 N–H and O–H groups in total. The predicted octanol–water partition coefficient (Wildman–Crippen LogP) is 1.85. The molecule has 0 aliphatic carbocycles. The molecule has 32 heavy (non-hydrogen) atoms. The minimum absolute atomic E-state index is 0.112. The molecule has 0 fully saturated rings. The van der Waals surface area contributed by atoms with Crippen molar-refractivity contribution in [2.24, 2.45) is 0 Å². The molecule has 0 spiro atoms. The van der Waals surface area contributed by atoms with E-state index in [2.05, 4.69) is 15.5 Å². The van der Waals surface area contributed by atoms with Crippen LogP contribution in [0.4, 0.5) is 0 Å². The lowest BCUT2D eigenvalue weighted by atomic mass is 10.1. The quantitative estimate of drug-likeness (QED) is 0.478. The fourth-order valence-corrected chi connectivity index (χ4v) is 3.08. The number of hydrogen-bond donors (Lipinski definition) is 1. The van der Waals surface area contributed by atoms with Gasteiger partial charge >= 0.3 is 0 Å². The highest BCUT2D eigenvalue weighted by Gasteiger charge is 2.11. The SMILES string of the molecule is Cc1ccc(Cn2nc(C(=O)NCCn3nc(-c4ccco4)ccc3=O)ccc2=O)cc1. The molecule has 3 heterocycles. The van der Waals surface area contributed by atoms with E-state index in [4.69, 9.17) is 4.42 Å². The molecule has 0 unspecified atom stereocenters. The largest absolute Gasteiger partial charge is 0.463 e. The fourth-order valence-electron chi connectivity index (χ4n) is 3.08. The Hall–Kier alpha value is -4.27. The van der Waals surface area contributed by atoms with Crippen LogP contribution in [-0.4, -0.2) is 32.0 Å². The van der Waals surface area contributed by atoms with Crippen LogP contribution in [0.1, 0.15) is 21.6 Å².